The van der Waals surface area contributed by atoms with Gasteiger partial charge in [0.1, 0.15) is 0 Å². The normalized spacial score (nSPS) is 21.4. The SMILES string of the molecule is CCC=CCC=CCC=CCC=CCC=CCC=CCCC(=O)N(C)CCNC(=O)C[C@H](O)C[C@@H](O)CC[C@@H]1C2C(=CCCC2C(C)(C)C(C)(C)C(=O)O)C=C[C@@H]1C. The number of nitrogens with zero attached hydrogens (tertiary/aromatic N) is 1. The van der Waals surface area contributed by atoms with Gasteiger partial charge in [0, 0.05) is 26.6 Å². The molecule has 0 heterocycles. The molecular formula is C50H78N2O6. The van der Waals surface area contributed by atoms with Crippen LogP contribution >= 0.6 is 0 Å². The lowest BCUT2D eigenvalue weighted by Gasteiger charge is -2.53. The summed E-state index contributed by atoms with van der Waals surface area (Å²) in [5.41, 5.74) is -0.0799. The molecular weight excluding hydrogens is 725 g/mol. The first-order valence-electron chi connectivity index (χ1n) is 22.0. The molecule has 4 N–H and O–H groups in total. The highest BCUT2D eigenvalue weighted by atomic mass is 16.4. The number of amides is 2. The zero-order valence-corrected chi connectivity index (χ0v) is 37.0. The zero-order valence-electron chi connectivity index (χ0n) is 37.0. The van der Waals surface area contributed by atoms with E-state index in [0.29, 0.717) is 25.8 Å². The van der Waals surface area contributed by atoms with Gasteiger partial charge in [-0.1, -0.05) is 119 Å². The summed E-state index contributed by atoms with van der Waals surface area (Å²) in [4.78, 5) is 39.1. The molecule has 0 aromatic rings. The Morgan fingerprint density at radius 1 is 0.862 bits per heavy atom. The van der Waals surface area contributed by atoms with E-state index in [-0.39, 0.29) is 54.9 Å². The van der Waals surface area contributed by atoms with Gasteiger partial charge in [-0.3, -0.25) is 14.4 Å². The topological polar surface area (TPSA) is 127 Å². The Kier molecular flexibility index (Phi) is 23.5. The van der Waals surface area contributed by atoms with Gasteiger partial charge < -0.3 is 25.5 Å². The lowest BCUT2D eigenvalue weighted by molar-refractivity contribution is -0.158. The largest absolute Gasteiger partial charge is 0.481 e. The van der Waals surface area contributed by atoms with Gasteiger partial charge in [-0.2, -0.15) is 0 Å². The van der Waals surface area contributed by atoms with Crippen molar-refractivity contribution in [2.24, 2.45) is 34.5 Å². The van der Waals surface area contributed by atoms with E-state index in [2.05, 4.69) is 118 Å². The molecule has 0 aliphatic heterocycles. The van der Waals surface area contributed by atoms with Crippen LogP contribution in [0.15, 0.2) is 96.7 Å². The predicted molar refractivity (Wildman–Crippen MR) is 240 cm³/mol. The molecule has 58 heavy (non-hydrogen) atoms. The van der Waals surface area contributed by atoms with Crippen molar-refractivity contribution in [3.05, 3.63) is 96.7 Å². The van der Waals surface area contributed by atoms with Crippen molar-refractivity contribution in [2.75, 3.05) is 20.1 Å². The number of aliphatic hydroxyl groups excluding tert-OH is 2. The van der Waals surface area contributed by atoms with Gasteiger partial charge in [0.05, 0.1) is 24.0 Å². The van der Waals surface area contributed by atoms with Gasteiger partial charge >= 0.3 is 5.97 Å². The smallest absolute Gasteiger partial charge is 0.309 e. The van der Waals surface area contributed by atoms with Crippen LogP contribution in [0.5, 0.6) is 0 Å². The Hall–Kier alpha value is -3.75. The molecule has 0 bridgehead atoms. The molecule has 0 fully saturated rings. The molecule has 2 aliphatic carbocycles. The van der Waals surface area contributed by atoms with Crippen LogP contribution in [-0.2, 0) is 14.4 Å². The standard InChI is InChI=1S/C50H78N2O6/c1-8-9-10-11-12-13-14-15-16-17-18-19-20-21-22-23-24-25-26-30-46(56)52(7)36-35-51-45(55)38-42(54)37-41(53)33-34-43-39(2)31-32-40-28-27-29-44(47(40)43)49(3,4)50(5,6)48(57)58/h9-10,12-13,15-16,18-19,21-22,24-25,28,31-32,39,41-44,47,53-54H,8,11,14,17,20,23,26-27,29-30,33-38H2,1-7H3,(H,51,55)(H,57,58)/t39-,41-,42+,43-,44?,47?/m0/s1. The number of fused-ring (bicyclic) bond motifs is 1. The minimum atomic E-state index is -0.979. The number of allylic oxidation sites excluding steroid dienone is 16. The molecule has 0 saturated carbocycles. The Balaban J connectivity index is 1.63. The summed E-state index contributed by atoms with van der Waals surface area (Å²) in [7, 11) is 1.73. The monoisotopic (exact) mass is 803 g/mol. The summed E-state index contributed by atoms with van der Waals surface area (Å²) in [5.74, 6) is -0.192. The highest BCUT2D eigenvalue weighted by Crippen LogP contribution is 2.56. The highest BCUT2D eigenvalue weighted by molar-refractivity contribution is 5.77. The van der Waals surface area contributed by atoms with Crippen LogP contribution in [0, 0.1) is 34.5 Å². The number of rotatable bonds is 27. The molecule has 2 aliphatic rings. The maximum absolute atomic E-state index is 12.6. The van der Waals surface area contributed by atoms with Crippen LogP contribution < -0.4 is 5.32 Å². The van der Waals surface area contributed by atoms with Crippen molar-refractivity contribution in [3.8, 4) is 0 Å². The first kappa shape index (κ1) is 50.4. The molecule has 324 valence electrons. The van der Waals surface area contributed by atoms with Crippen molar-refractivity contribution < 1.29 is 29.7 Å². The Morgan fingerprint density at radius 3 is 1.97 bits per heavy atom. The van der Waals surface area contributed by atoms with Gasteiger partial charge in [-0.05, 0) is 126 Å². The number of hydrogen-bond acceptors (Lipinski definition) is 5. The average Bonchev–Trinajstić information content (AvgIpc) is 3.17. The molecule has 6 atom stereocenters. The van der Waals surface area contributed by atoms with Crippen molar-refractivity contribution in [1.82, 2.24) is 10.2 Å². The van der Waals surface area contributed by atoms with Crippen LogP contribution in [0.2, 0.25) is 0 Å². The molecule has 8 nitrogen and oxygen atoms in total. The summed E-state index contributed by atoms with van der Waals surface area (Å²) in [6.45, 7) is 12.9. The van der Waals surface area contributed by atoms with Gasteiger partial charge in [-0.15, -0.1) is 0 Å². The maximum Gasteiger partial charge on any atom is 0.309 e. The van der Waals surface area contributed by atoms with Crippen LogP contribution in [-0.4, -0.2) is 70.3 Å². The van der Waals surface area contributed by atoms with E-state index in [0.717, 1.165) is 57.8 Å². The van der Waals surface area contributed by atoms with E-state index in [1.54, 1.807) is 11.9 Å². The molecule has 2 amide bonds. The quantitative estimate of drug-likeness (QED) is 0.0613. The number of carboxylic acid groups (broad SMARTS) is 1. The third-order valence-electron chi connectivity index (χ3n) is 12.6. The molecule has 2 rings (SSSR count). The summed E-state index contributed by atoms with van der Waals surface area (Å²) in [5, 5.41) is 34.5. The van der Waals surface area contributed by atoms with E-state index in [9.17, 15) is 29.7 Å². The number of aliphatic hydroxyl groups is 2. The maximum atomic E-state index is 12.6. The van der Waals surface area contributed by atoms with E-state index >= 15 is 0 Å². The molecule has 0 radical (unpaired) electrons. The van der Waals surface area contributed by atoms with Crippen molar-refractivity contribution in [2.45, 2.75) is 144 Å². The van der Waals surface area contributed by atoms with Gasteiger partial charge in [-0.25, -0.2) is 0 Å². The Morgan fingerprint density at radius 2 is 1.41 bits per heavy atom. The fraction of sp³-hybridized carbons (Fsp3) is 0.620. The van der Waals surface area contributed by atoms with E-state index < -0.39 is 29.0 Å². The van der Waals surface area contributed by atoms with Gasteiger partial charge in [0.2, 0.25) is 11.8 Å². The minimum absolute atomic E-state index is 0.0102. The fourth-order valence-electron chi connectivity index (χ4n) is 8.14. The van der Waals surface area contributed by atoms with Crippen molar-refractivity contribution in [3.63, 3.8) is 0 Å². The average molecular weight is 803 g/mol. The zero-order chi connectivity index (χ0) is 43.0. The highest BCUT2D eigenvalue weighted by Gasteiger charge is 2.53. The molecule has 2 unspecified atom stereocenters. The van der Waals surface area contributed by atoms with Crippen LogP contribution in [0.4, 0.5) is 0 Å². The first-order valence-corrected chi connectivity index (χ1v) is 22.0. The number of nitrogens with one attached hydrogen (secondary N) is 1. The number of aliphatic carboxylic acids is 1. The summed E-state index contributed by atoms with van der Waals surface area (Å²) >= 11 is 0. The number of carboxylic acids is 1. The number of carbonyl (C=O) groups excluding carboxylic acids is 2. The lowest BCUT2D eigenvalue weighted by atomic mass is 9.51. The third kappa shape index (κ3) is 17.6. The Bertz CT molecular complexity index is 1490. The molecule has 8 heteroatoms. The van der Waals surface area contributed by atoms with Gasteiger partial charge in [0.25, 0.3) is 0 Å². The second kappa shape index (κ2) is 27.1. The minimum Gasteiger partial charge on any atom is -0.481 e. The van der Waals surface area contributed by atoms with E-state index in [1.165, 1.54) is 5.57 Å². The van der Waals surface area contributed by atoms with Crippen molar-refractivity contribution in [1.29, 1.82) is 0 Å². The van der Waals surface area contributed by atoms with Crippen LogP contribution in [0.25, 0.3) is 0 Å². The molecule has 0 saturated heterocycles. The van der Waals surface area contributed by atoms with Crippen LogP contribution in [0.1, 0.15) is 131 Å². The first-order chi connectivity index (χ1) is 27.6. The summed E-state index contributed by atoms with van der Waals surface area (Å²) in [6, 6.07) is 0. The lowest BCUT2D eigenvalue weighted by Crippen LogP contribution is -2.50. The molecule has 0 aromatic carbocycles. The number of hydrogen-bond donors (Lipinski definition) is 4. The second-order valence-corrected chi connectivity index (χ2v) is 17.4. The predicted octanol–water partition coefficient (Wildman–Crippen LogP) is 10.2. The molecule has 0 spiro atoms. The van der Waals surface area contributed by atoms with E-state index in [4.69, 9.17) is 0 Å². The van der Waals surface area contributed by atoms with Gasteiger partial charge in [0.15, 0.2) is 0 Å². The summed E-state index contributed by atoms with van der Waals surface area (Å²) in [6.07, 6.45) is 40.8. The fourth-order valence-corrected chi connectivity index (χ4v) is 8.14. The van der Waals surface area contributed by atoms with Crippen LogP contribution in [0.3, 0.4) is 0 Å². The molecule has 0 aromatic heterocycles. The number of likely N-dealkylation sites (N-methyl/N-ethyl adjacent to an activating group) is 1. The number of carbonyl (C=O) groups is 3. The van der Waals surface area contributed by atoms with Crippen molar-refractivity contribution >= 4 is 17.8 Å². The second-order valence-electron chi connectivity index (χ2n) is 17.4. The Labute approximate surface area is 351 Å². The van der Waals surface area contributed by atoms with E-state index in [1.807, 2.05) is 19.9 Å². The summed E-state index contributed by atoms with van der Waals surface area (Å²) < 4.78 is 0. The third-order valence-corrected chi connectivity index (χ3v) is 12.6.